The first-order chi connectivity index (χ1) is 17.7. The molecule has 0 heterocycles. The predicted molar refractivity (Wildman–Crippen MR) is 134 cm³/mol. The van der Waals surface area contributed by atoms with Gasteiger partial charge in [-0.15, -0.1) is 0 Å². The Morgan fingerprint density at radius 3 is 1.97 bits per heavy atom. The first-order valence-electron chi connectivity index (χ1n) is 12.0. The summed E-state index contributed by atoms with van der Waals surface area (Å²) < 4.78 is 81.1. The molecule has 0 fully saturated rings. The van der Waals surface area contributed by atoms with Crippen LogP contribution in [-0.4, -0.2) is 0 Å². The monoisotopic (exact) mass is 510 g/mol. The van der Waals surface area contributed by atoms with E-state index in [1.807, 2.05) is 12.1 Å². The normalized spacial score (nSPS) is 11.4. The summed E-state index contributed by atoms with van der Waals surface area (Å²) in [7, 11) is 0. The van der Waals surface area contributed by atoms with Crippen LogP contribution >= 0.6 is 0 Å². The van der Waals surface area contributed by atoms with Gasteiger partial charge in [0.25, 0.3) is 0 Å². The molecule has 0 spiro atoms. The molecule has 0 aromatic heterocycles. The van der Waals surface area contributed by atoms with Crippen molar-refractivity contribution in [2.75, 3.05) is 0 Å². The zero-order chi connectivity index (χ0) is 26.6. The largest absolute Gasteiger partial charge is 0.422 e. The van der Waals surface area contributed by atoms with Gasteiger partial charge in [-0.25, -0.2) is 13.2 Å². The van der Waals surface area contributed by atoms with Crippen LogP contribution in [0.2, 0.25) is 0 Å². The number of benzene rings is 4. The third kappa shape index (κ3) is 6.35. The quantitative estimate of drug-likeness (QED) is 0.180. The van der Waals surface area contributed by atoms with Crippen LogP contribution in [-0.2, 0) is 25.4 Å². The van der Waals surface area contributed by atoms with Gasteiger partial charge in [0.05, 0.1) is 0 Å². The number of hydrogen-bond acceptors (Lipinski definition) is 0. The summed E-state index contributed by atoms with van der Waals surface area (Å²) in [6.45, 7) is 2.16. The standard InChI is InChI=1S/C31H24F6/c1-2-3-4-20-5-7-21(8-6-20)9-10-22-12-16-26-25(17-22)15-14-24(30(26)34)13-11-23-18-27(32)29(28(33)19-23)31(35,36)37/h5-8,12,14-19H,2-4,11,13H2,1H3. The van der Waals surface area contributed by atoms with E-state index in [9.17, 15) is 22.0 Å². The van der Waals surface area contributed by atoms with E-state index in [-0.39, 0.29) is 18.4 Å². The lowest BCUT2D eigenvalue weighted by atomic mass is 9.98. The number of alkyl halides is 3. The average Bonchev–Trinajstić information content (AvgIpc) is 2.85. The van der Waals surface area contributed by atoms with Crippen LogP contribution in [0.5, 0.6) is 0 Å². The Labute approximate surface area is 212 Å². The molecule has 0 atom stereocenters. The molecule has 0 N–H and O–H groups in total. The van der Waals surface area contributed by atoms with Crippen LogP contribution in [0.1, 0.15) is 53.1 Å². The van der Waals surface area contributed by atoms with E-state index in [1.54, 1.807) is 30.3 Å². The average molecular weight is 511 g/mol. The number of hydrogen-bond donors (Lipinski definition) is 0. The van der Waals surface area contributed by atoms with Gasteiger partial charge in [0.15, 0.2) is 0 Å². The van der Waals surface area contributed by atoms with Gasteiger partial charge in [-0.1, -0.05) is 55.5 Å². The lowest BCUT2D eigenvalue weighted by molar-refractivity contribution is -0.142. The van der Waals surface area contributed by atoms with Crippen molar-refractivity contribution in [1.29, 1.82) is 0 Å². The topological polar surface area (TPSA) is 0 Å². The van der Waals surface area contributed by atoms with Gasteiger partial charge in [0, 0.05) is 16.5 Å². The van der Waals surface area contributed by atoms with Crippen LogP contribution in [0.15, 0.2) is 66.7 Å². The molecule has 4 aromatic carbocycles. The fourth-order valence-corrected chi connectivity index (χ4v) is 4.21. The molecule has 0 saturated carbocycles. The van der Waals surface area contributed by atoms with Crippen molar-refractivity contribution in [3.8, 4) is 11.8 Å². The van der Waals surface area contributed by atoms with E-state index in [2.05, 4.69) is 30.9 Å². The molecule has 4 rings (SSSR count). The Morgan fingerprint density at radius 1 is 0.676 bits per heavy atom. The highest BCUT2D eigenvalue weighted by molar-refractivity contribution is 5.85. The molecule has 190 valence electrons. The fourth-order valence-electron chi connectivity index (χ4n) is 4.21. The Kier molecular flexibility index (Phi) is 7.92. The van der Waals surface area contributed by atoms with Gasteiger partial charge in [-0.05, 0) is 84.2 Å². The molecule has 0 bridgehead atoms. The molecular weight excluding hydrogens is 486 g/mol. The lowest BCUT2D eigenvalue weighted by Crippen LogP contribution is -2.12. The van der Waals surface area contributed by atoms with Crippen LogP contribution < -0.4 is 0 Å². The number of rotatable bonds is 6. The second-order valence-corrected chi connectivity index (χ2v) is 8.96. The summed E-state index contributed by atoms with van der Waals surface area (Å²) in [5.41, 5.74) is 1.29. The molecule has 0 nitrogen and oxygen atoms in total. The first-order valence-corrected chi connectivity index (χ1v) is 12.0. The number of halogens is 6. The molecule has 6 heteroatoms. The number of fused-ring (bicyclic) bond motifs is 1. The predicted octanol–water partition coefficient (Wildman–Crippen LogP) is 8.80. The van der Waals surface area contributed by atoms with Crippen LogP contribution in [0.25, 0.3) is 10.8 Å². The van der Waals surface area contributed by atoms with Crippen molar-refractivity contribution in [2.24, 2.45) is 0 Å². The van der Waals surface area contributed by atoms with Gasteiger partial charge < -0.3 is 0 Å². The second kappa shape index (κ2) is 11.1. The Bertz CT molecular complexity index is 1450. The first kappa shape index (κ1) is 26.3. The summed E-state index contributed by atoms with van der Waals surface area (Å²) in [6, 6.07) is 17.8. The molecule has 4 aromatic rings. The molecule has 0 saturated heterocycles. The number of unbranched alkanes of at least 4 members (excludes halogenated alkanes) is 1. The van der Waals surface area contributed by atoms with E-state index in [0.717, 1.165) is 30.4 Å². The van der Waals surface area contributed by atoms with Crippen molar-refractivity contribution in [1.82, 2.24) is 0 Å². The van der Waals surface area contributed by atoms with Crippen molar-refractivity contribution in [3.63, 3.8) is 0 Å². The van der Waals surface area contributed by atoms with Crippen molar-refractivity contribution < 1.29 is 26.3 Å². The maximum atomic E-state index is 15.1. The summed E-state index contributed by atoms with van der Waals surface area (Å²) >= 11 is 0. The summed E-state index contributed by atoms with van der Waals surface area (Å²) in [5, 5.41) is 1.02. The maximum absolute atomic E-state index is 15.1. The minimum absolute atomic E-state index is 0.0187. The van der Waals surface area contributed by atoms with E-state index < -0.39 is 29.2 Å². The van der Waals surface area contributed by atoms with Crippen LogP contribution in [0.4, 0.5) is 26.3 Å². The molecule has 0 unspecified atom stereocenters. The van der Waals surface area contributed by atoms with Gasteiger partial charge in [-0.3, -0.25) is 0 Å². The van der Waals surface area contributed by atoms with Gasteiger partial charge in [-0.2, -0.15) is 13.2 Å². The minimum atomic E-state index is -5.13. The summed E-state index contributed by atoms with van der Waals surface area (Å²) in [4.78, 5) is 0. The molecule has 37 heavy (non-hydrogen) atoms. The smallest absolute Gasteiger partial charge is 0.206 e. The summed E-state index contributed by atoms with van der Waals surface area (Å²) in [5.74, 6) is 2.38. The van der Waals surface area contributed by atoms with Gasteiger partial charge >= 0.3 is 6.18 Å². The van der Waals surface area contributed by atoms with E-state index in [4.69, 9.17) is 0 Å². The molecule has 0 aliphatic heterocycles. The highest BCUT2D eigenvalue weighted by Crippen LogP contribution is 2.34. The van der Waals surface area contributed by atoms with Crippen molar-refractivity contribution >= 4 is 10.8 Å². The van der Waals surface area contributed by atoms with Crippen LogP contribution in [0, 0.1) is 29.3 Å². The zero-order valence-electron chi connectivity index (χ0n) is 20.2. The molecule has 0 radical (unpaired) electrons. The number of aryl methyl sites for hydroxylation is 3. The molecular formula is C31H24F6. The Morgan fingerprint density at radius 2 is 1.32 bits per heavy atom. The van der Waals surface area contributed by atoms with Gasteiger partial charge in [0.2, 0.25) is 0 Å². The third-order valence-electron chi connectivity index (χ3n) is 6.23. The van der Waals surface area contributed by atoms with Crippen LogP contribution in [0.3, 0.4) is 0 Å². The SMILES string of the molecule is CCCCc1ccc(C#Cc2ccc3c(F)c(CCc4cc(F)c(C(F)(F)F)c(F)c4)ccc3c2)cc1. The highest BCUT2D eigenvalue weighted by Gasteiger charge is 2.37. The van der Waals surface area contributed by atoms with Crippen molar-refractivity contribution in [3.05, 3.63) is 118 Å². The molecule has 0 aliphatic rings. The van der Waals surface area contributed by atoms with E-state index in [0.29, 0.717) is 28.5 Å². The minimum Gasteiger partial charge on any atom is -0.206 e. The highest BCUT2D eigenvalue weighted by atomic mass is 19.4. The van der Waals surface area contributed by atoms with Crippen molar-refractivity contribution in [2.45, 2.75) is 45.2 Å². The van der Waals surface area contributed by atoms with E-state index in [1.165, 1.54) is 5.56 Å². The lowest BCUT2D eigenvalue weighted by Gasteiger charge is -2.12. The summed E-state index contributed by atoms with van der Waals surface area (Å²) in [6.07, 6.45) is -1.74. The zero-order valence-corrected chi connectivity index (χ0v) is 20.2. The molecule has 0 amide bonds. The Balaban J connectivity index is 1.49. The maximum Gasteiger partial charge on any atom is 0.422 e. The third-order valence-corrected chi connectivity index (χ3v) is 6.23. The Hall–Kier alpha value is -3.72. The van der Waals surface area contributed by atoms with E-state index >= 15 is 4.39 Å². The van der Waals surface area contributed by atoms with Gasteiger partial charge in [0.1, 0.15) is 23.0 Å². The second-order valence-electron chi connectivity index (χ2n) is 8.96. The molecule has 0 aliphatic carbocycles. The fraction of sp³-hybridized carbons (Fsp3) is 0.226.